The first kappa shape index (κ1) is 13.2. The van der Waals surface area contributed by atoms with Gasteiger partial charge in [0, 0.05) is 25.2 Å². The fraction of sp³-hybridized carbons (Fsp3) is 0.538. The zero-order chi connectivity index (χ0) is 11.8. The van der Waals surface area contributed by atoms with Crippen LogP contribution in [-0.2, 0) is 0 Å². The standard InChI is InChI=1S/C13H22N2O/c1-11(6-5-9-16)15-13(10-14)12-7-3-2-4-8-12/h2-4,7-8,11,13,15-16H,5-6,9-10,14H2,1H3. The predicted octanol–water partition coefficient (Wildman–Crippen LogP) is 1.44. The number of aliphatic hydroxyl groups excluding tert-OH is 1. The molecule has 0 aliphatic heterocycles. The first-order valence-electron chi connectivity index (χ1n) is 5.90. The van der Waals surface area contributed by atoms with Gasteiger partial charge in [0.25, 0.3) is 0 Å². The zero-order valence-electron chi connectivity index (χ0n) is 9.89. The molecule has 4 N–H and O–H groups in total. The lowest BCUT2D eigenvalue weighted by Gasteiger charge is -2.22. The van der Waals surface area contributed by atoms with Gasteiger partial charge >= 0.3 is 0 Å². The number of hydrogen-bond acceptors (Lipinski definition) is 3. The number of nitrogens with two attached hydrogens (primary N) is 1. The summed E-state index contributed by atoms with van der Waals surface area (Å²) in [5, 5.41) is 12.3. The summed E-state index contributed by atoms with van der Waals surface area (Å²) in [6, 6.07) is 10.8. The highest BCUT2D eigenvalue weighted by atomic mass is 16.2. The zero-order valence-corrected chi connectivity index (χ0v) is 9.89. The second-order valence-electron chi connectivity index (χ2n) is 4.13. The number of benzene rings is 1. The predicted molar refractivity (Wildman–Crippen MR) is 67.2 cm³/mol. The molecule has 1 aromatic rings. The fourth-order valence-electron chi connectivity index (χ4n) is 1.81. The van der Waals surface area contributed by atoms with E-state index >= 15 is 0 Å². The van der Waals surface area contributed by atoms with Crippen molar-refractivity contribution in [1.29, 1.82) is 0 Å². The van der Waals surface area contributed by atoms with Gasteiger partial charge in [-0.15, -0.1) is 0 Å². The molecule has 0 aromatic heterocycles. The summed E-state index contributed by atoms with van der Waals surface area (Å²) in [5.41, 5.74) is 6.99. The van der Waals surface area contributed by atoms with Gasteiger partial charge in [-0.3, -0.25) is 0 Å². The quantitative estimate of drug-likeness (QED) is 0.654. The average Bonchev–Trinajstić information content (AvgIpc) is 2.34. The Morgan fingerprint density at radius 1 is 1.31 bits per heavy atom. The summed E-state index contributed by atoms with van der Waals surface area (Å²) >= 11 is 0. The molecule has 0 aliphatic rings. The monoisotopic (exact) mass is 222 g/mol. The summed E-state index contributed by atoms with van der Waals surface area (Å²) in [5.74, 6) is 0. The van der Waals surface area contributed by atoms with E-state index in [0.717, 1.165) is 12.8 Å². The molecule has 3 heteroatoms. The molecule has 2 atom stereocenters. The van der Waals surface area contributed by atoms with Crippen LogP contribution in [0.2, 0.25) is 0 Å². The lowest BCUT2D eigenvalue weighted by Crippen LogP contribution is -2.35. The Kier molecular flexibility index (Phi) is 6.08. The molecule has 0 bridgehead atoms. The topological polar surface area (TPSA) is 58.3 Å². The van der Waals surface area contributed by atoms with Crippen LogP contribution in [0.5, 0.6) is 0 Å². The van der Waals surface area contributed by atoms with Crippen LogP contribution in [0, 0.1) is 0 Å². The Balaban J connectivity index is 2.49. The molecule has 0 fully saturated rings. The average molecular weight is 222 g/mol. The molecule has 0 heterocycles. The van der Waals surface area contributed by atoms with Crippen molar-refractivity contribution in [2.24, 2.45) is 5.73 Å². The Hall–Kier alpha value is -0.900. The minimum absolute atomic E-state index is 0.204. The third-order valence-electron chi connectivity index (χ3n) is 2.72. The molecule has 1 aromatic carbocycles. The molecule has 90 valence electrons. The van der Waals surface area contributed by atoms with Crippen LogP contribution in [0.3, 0.4) is 0 Å². The van der Waals surface area contributed by atoms with Crippen LogP contribution in [0.15, 0.2) is 30.3 Å². The maximum Gasteiger partial charge on any atom is 0.0446 e. The van der Waals surface area contributed by atoms with E-state index in [0.29, 0.717) is 12.6 Å². The van der Waals surface area contributed by atoms with Crippen molar-refractivity contribution in [3.8, 4) is 0 Å². The minimum Gasteiger partial charge on any atom is -0.396 e. The second kappa shape index (κ2) is 7.39. The van der Waals surface area contributed by atoms with Crippen LogP contribution >= 0.6 is 0 Å². The van der Waals surface area contributed by atoms with Gasteiger partial charge in [-0.2, -0.15) is 0 Å². The minimum atomic E-state index is 0.204. The van der Waals surface area contributed by atoms with Gasteiger partial charge in [0.2, 0.25) is 0 Å². The first-order valence-corrected chi connectivity index (χ1v) is 5.90. The molecule has 3 nitrogen and oxygen atoms in total. The molecule has 0 spiro atoms. The maximum atomic E-state index is 8.77. The summed E-state index contributed by atoms with van der Waals surface area (Å²) in [7, 11) is 0. The Morgan fingerprint density at radius 3 is 2.56 bits per heavy atom. The van der Waals surface area contributed by atoms with Crippen molar-refractivity contribution < 1.29 is 5.11 Å². The van der Waals surface area contributed by atoms with E-state index in [1.165, 1.54) is 5.56 Å². The number of nitrogens with one attached hydrogen (secondary N) is 1. The third kappa shape index (κ3) is 4.31. The van der Waals surface area contributed by atoms with Gasteiger partial charge in [-0.1, -0.05) is 30.3 Å². The highest BCUT2D eigenvalue weighted by molar-refractivity contribution is 5.19. The largest absolute Gasteiger partial charge is 0.396 e. The van der Waals surface area contributed by atoms with Gasteiger partial charge in [0.1, 0.15) is 0 Å². The van der Waals surface area contributed by atoms with Crippen LogP contribution in [0.4, 0.5) is 0 Å². The van der Waals surface area contributed by atoms with Crippen LogP contribution in [0.25, 0.3) is 0 Å². The van der Waals surface area contributed by atoms with Gasteiger partial charge in [0.15, 0.2) is 0 Å². The summed E-state index contributed by atoms with van der Waals surface area (Å²) < 4.78 is 0. The molecule has 0 saturated carbocycles. The van der Waals surface area contributed by atoms with Crippen molar-refractivity contribution in [1.82, 2.24) is 5.32 Å². The molecule has 2 unspecified atom stereocenters. The molecular weight excluding hydrogens is 200 g/mol. The van der Waals surface area contributed by atoms with E-state index < -0.39 is 0 Å². The third-order valence-corrected chi connectivity index (χ3v) is 2.72. The van der Waals surface area contributed by atoms with Crippen LogP contribution < -0.4 is 11.1 Å². The molecule has 0 radical (unpaired) electrons. The van der Waals surface area contributed by atoms with Crippen LogP contribution in [0.1, 0.15) is 31.4 Å². The summed E-state index contributed by atoms with van der Waals surface area (Å²) in [6.45, 7) is 2.97. The highest BCUT2D eigenvalue weighted by Crippen LogP contribution is 2.12. The van der Waals surface area contributed by atoms with Crippen molar-refractivity contribution in [2.45, 2.75) is 31.8 Å². The van der Waals surface area contributed by atoms with Gasteiger partial charge in [-0.25, -0.2) is 0 Å². The van der Waals surface area contributed by atoms with E-state index in [-0.39, 0.29) is 12.6 Å². The number of rotatable bonds is 7. The van der Waals surface area contributed by atoms with Gasteiger partial charge < -0.3 is 16.2 Å². The molecule has 1 rings (SSSR count). The van der Waals surface area contributed by atoms with Gasteiger partial charge in [-0.05, 0) is 25.3 Å². The van der Waals surface area contributed by atoms with Crippen molar-refractivity contribution in [3.63, 3.8) is 0 Å². The first-order chi connectivity index (χ1) is 7.77. The van der Waals surface area contributed by atoms with Crippen LogP contribution in [-0.4, -0.2) is 24.3 Å². The Labute approximate surface area is 97.7 Å². The SMILES string of the molecule is CC(CCCO)NC(CN)c1ccccc1. The molecule has 0 amide bonds. The van der Waals surface area contributed by atoms with E-state index in [2.05, 4.69) is 24.4 Å². The van der Waals surface area contributed by atoms with Crippen molar-refractivity contribution in [3.05, 3.63) is 35.9 Å². The van der Waals surface area contributed by atoms with Gasteiger partial charge in [0.05, 0.1) is 0 Å². The molecule has 0 saturated heterocycles. The lowest BCUT2D eigenvalue weighted by atomic mass is 10.1. The fourth-order valence-corrected chi connectivity index (χ4v) is 1.81. The molecule has 0 aliphatic carbocycles. The lowest BCUT2D eigenvalue weighted by molar-refractivity contribution is 0.274. The van der Waals surface area contributed by atoms with E-state index in [4.69, 9.17) is 10.8 Å². The molecular formula is C13H22N2O. The summed E-state index contributed by atoms with van der Waals surface area (Å²) in [4.78, 5) is 0. The summed E-state index contributed by atoms with van der Waals surface area (Å²) in [6.07, 6.45) is 1.81. The van der Waals surface area contributed by atoms with Crippen molar-refractivity contribution >= 4 is 0 Å². The second-order valence-corrected chi connectivity index (χ2v) is 4.13. The number of hydrogen-bond donors (Lipinski definition) is 3. The van der Waals surface area contributed by atoms with Crippen molar-refractivity contribution in [2.75, 3.05) is 13.2 Å². The van der Waals surface area contributed by atoms with E-state index in [1.807, 2.05) is 18.2 Å². The maximum absolute atomic E-state index is 8.77. The Morgan fingerprint density at radius 2 is 2.00 bits per heavy atom. The Bertz CT molecular complexity index is 277. The molecule has 16 heavy (non-hydrogen) atoms. The highest BCUT2D eigenvalue weighted by Gasteiger charge is 2.11. The van der Waals surface area contributed by atoms with E-state index in [1.54, 1.807) is 0 Å². The normalized spacial score (nSPS) is 14.7. The van der Waals surface area contributed by atoms with E-state index in [9.17, 15) is 0 Å². The number of aliphatic hydroxyl groups is 1. The smallest absolute Gasteiger partial charge is 0.0446 e.